The van der Waals surface area contributed by atoms with E-state index in [1.165, 1.54) is 5.56 Å². The van der Waals surface area contributed by atoms with Crippen molar-refractivity contribution >= 4 is 12.6 Å². The molecule has 2 unspecified atom stereocenters. The SMILES string of the molecule is CC1CN(Cc2ccc(B3OC(C)(C)C(C)(C)O3)cc2)C(C)CO1. The summed E-state index contributed by atoms with van der Waals surface area (Å²) in [7, 11) is -0.286. The van der Waals surface area contributed by atoms with Crippen LogP contribution in [-0.2, 0) is 20.6 Å². The second-order valence-electron chi connectivity index (χ2n) is 8.25. The highest BCUT2D eigenvalue weighted by atomic mass is 16.7. The van der Waals surface area contributed by atoms with Crippen molar-refractivity contribution in [3.63, 3.8) is 0 Å². The highest BCUT2D eigenvalue weighted by Crippen LogP contribution is 2.36. The van der Waals surface area contributed by atoms with Crippen molar-refractivity contribution in [1.29, 1.82) is 0 Å². The molecule has 4 nitrogen and oxygen atoms in total. The highest BCUT2D eigenvalue weighted by molar-refractivity contribution is 6.62. The summed E-state index contributed by atoms with van der Waals surface area (Å²) in [5, 5.41) is 0. The van der Waals surface area contributed by atoms with Gasteiger partial charge in [-0.25, -0.2) is 0 Å². The number of morpholine rings is 1. The van der Waals surface area contributed by atoms with Crippen molar-refractivity contribution < 1.29 is 14.0 Å². The zero-order valence-corrected chi connectivity index (χ0v) is 15.8. The number of rotatable bonds is 3. The molecule has 0 saturated carbocycles. The summed E-state index contributed by atoms with van der Waals surface area (Å²) in [6.45, 7) is 15.5. The lowest BCUT2D eigenvalue weighted by Crippen LogP contribution is -2.46. The molecule has 0 aliphatic carbocycles. The molecule has 3 rings (SSSR count). The molecule has 2 atom stereocenters. The topological polar surface area (TPSA) is 30.9 Å². The predicted octanol–water partition coefficient (Wildman–Crippen LogP) is 2.60. The van der Waals surface area contributed by atoms with Gasteiger partial charge in [0.1, 0.15) is 0 Å². The number of benzene rings is 1. The monoisotopic (exact) mass is 331 g/mol. The van der Waals surface area contributed by atoms with Crippen LogP contribution in [0.4, 0.5) is 0 Å². The molecule has 1 aromatic rings. The fourth-order valence-corrected chi connectivity index (χ4v) is 3.19. The summed E-state index contributed by atoms with van der Waals surface area (Å²) in [6.07, 6.45) is 0.310. The first-order chi connectivity index (χ1) is 11.2. The molecule has 2 aliphatic rings. The molecule has 0 aromatic heterocycles. The summed E-state index contributed by atoms with van der Waals surface area (Å²) in [5.74, 6) is 0. The summed E-state index contributed by atoms with van der Waals surface area (Å²) < 4.78 is 18.0. The van der Waals surface area contributed by atoms with Crippen LogP contribution in [0.15, 0.2) is 24.3 Å². The molecule has 0 radical (unpaired) electrons. The number of hydrogen-bond donors (Lipinski definition) is 0. The summed E-state index contributed by atoms with van der Waals surface area (Å²) in [5.41, 5.74) is 1.81. The van der Waals surface area contributed by atoms with Gasteiger partial charge >= 0.3 is 7.12 Å². The second-order valence-corrected chi connectivity index (χ2v) is 8.25. The van der Waals surface area contributed by atoms with Crippen LogP contribution in [-0.4, -0.2) is 48.5 Å². The molecular formula is C19H30BNO3. The van der Waals surface area contributed by atoms with Crippen LogP contribution in [0.1, 0.15) is 47.1 Å². The Balaban J connectivity index is 1.66. The van der Waals surface area contributed by atoms with Gasteiger partial charge in [-0.2, -0.15) is 0 Å². The van der Waals surface area contributed by atoms with Crippen LogP contribution in [0.3, 0.4) is 0 Å². The molecule has 132 valence electrons. The maximum atomic E-state index is 6.12. The Morgan fingerprint density at radius 1 is 1.04 bits per heavy atom. The van der Waals surface area contributed by atoms with Crippen LogP contribution < -0.4 is 5.46 Å². The van der Waals surface area contributed by atoms with Gasteiger partial charge in [0.15, 0.2) is 0 Å². The van der Waals surface area contributed by atoms with E-state index >= 15 is 0 Å². The highest BCUT2D eigenvalue weighted by Gasteiger charge is 2.51. The van der Waals surface area contributed by atoms with Crippen molar-refractivity contribution in [2.45, 2.75) is 71.4 Å². The first kappa shape index (κ1) is 17.9. The smallest absolute Gasteiger partial charge is 0.399 e. The molecule has 0 N–H and O–H groups in total. The minimum atomic E-state index is -0.296. The standard InChI is InChI=1S/C19H30BNO3/c1-14-13-22-15(2)11-21(14)12-16-7-9-17(10-8-16)20-23-18(3,4)19(5,6)24-20/h7-10,14-15H,11-13H2,1-6H3. The van der Waals surface area contributed by atoms with Gasteiger partial charge in [0.25, 0.3) is 0 Å². The van der Waals surface area contributed by atoms with E-state index in [1.54, 1.807) is 0 Å². The quantitative estimate of drug-likeness (QED) is 0.797. The van der Waals surface area contributed by atoms with Crippen LogP contribution in [0.25, 0.3) is 0 Å². The van der Waals surface area contributed by atoms with Gasteiger partial charge in [-0.3, -0.25) is 4.90 Å². The molecule has 0 spiro atoms. The molecule has 2 fully saturated rings. The van der Waals surface area contributed by atoms with Crippen molar-refractivity contribution in [2.24, 2.45) is 0 Å². The number of ether oxygens (including phenoxy) is 1. The fraction of sp³-hybridized carbons (Fsp3) is 0.684. The summed E-state index contributed by atoms with van der Waals surface area (Å²) in [4.78, 5) is 2.48. The van der Waals surface area contributed by atoms with Gasteiger partial charge < -0.3 is 14.0 Å². The van der Waals surface area contributed by atoms with E-state index in [1.807, 2.05) is 0 Å². The lowest BCUT2D eigenvalue weighted by Gasteiger charge is -2.36. The minimum Gasteiger partial charge on any atom is -0.399 e. The van der Waals surface area contributed by atoms with E-state index in [4.69, 9.17) is 14.0 Å². The second kappa shape index (κ2) is 6.45. The molecular weight excluding hydrogens is 301 g/mol. The van der Waals surface area contributed by atoms with E-state index < -0.39 is 0 Å². The van der Waals surface area contributed by atoms with E-state index in [0.717, 1.165) is 25.2 Å². The molecule has 1 aromatic carbocycles. The van der Waals surface area contributed by atoms with Crippen LogP contribution in [0.5, 0.6) is 0 Å². The van der Waals surface area contributed by atoms with Crippen molar-refractivity contribution in [2.75, 3.05) is 13.2 Å². The Kier molecular flexibility index (Phi) is 4.82. The average molecular weight is 331 g/mol. The zero-order valence-electron chi connectivity index (χ0n) is 15.8. The Hall–Kier alpha value is -0.875. The van der Waals surface area contributed by atoms with Crippen LogP contribution in [0, 0.1) is 0 Å². The average Bonchev–Trinajstić information content (AvgIpc) is 2.72. The molecule has 5 heteroatoms. The minimum absolute atomic E-state index is 0.286. The Morgan fingerprint density at radius 3 is 2.21 bits per heavy atom. The van der Waals surface area contributed by atoms with Crippen LogP contribution in [0.2, 0.25) is 0 Å². The normalized spacial score (nSPS) is 29.8. The maximum absolute atomic E-state index is 6.12. The molecule has 2 aliphatic heterocycles. The molecule has 2 heterocycles. The molecule has 2 saturated heterocycles. The zero-order chi connectivity index (χ0) is 17.5. The Morgan fingerprint density at radius 2 is 1.62 bits per heavy atom. The van der Waals surface area contributed by atoms with Gasteiger partial charge in [0.2, 0.25) is 0 Å². The first-order valence-corrected chi connectivity index (χ1v) is 8.98. The molecule has 24 heavy (non-hydrogen) atoms. The molecule has 0 amide bonds. The third kappa shape index (κ3) is 3.55. The Labute approximate surface area is 146 Å². The third-order valence-corrected chi connectivity index (χ3v) is 5.63. The molecule has 0 bridgehead atoms. The van der Waals surface area contributed by atoms with E-state index in [0.29, 0.717) is 12.1 Å². The van der Waals surface area contributed by atoms with Crippen molar-refractivity contribution in [3.05, 3.63) is 29.8 Å². The fourth-order valence-electron chi connectivity index (χ4n) is 3.19. The lowest BCUT2D eigenvalue weighted by atomic mass is 9.79. The number of hydrogen-bond acceptors (Lipinski definition) is 4. The van der Waals surface area contributed by atoms with Crippen LogP contribution >= 0.6 is 0 Å². The first-order valence-electron chi connectivity index (χ1n) is 8.98. The van der Waals surface area contributed by atoms with Gasteiger partial charge in [-0.1, -0.05) is 24.3 Å². The third-order valence-electron chi connectivity index (χ3n) is 5.63. The van der Waals surface area contributed by atoms with E-state index in [-0.39, 0.29) is 18.3 Å². The Bertz CT molecular complexity index is 556. The van der Waals surface area contributed by atoms with Gasteiger partial charge in [-0.15, -0.1) is 0 Å². The lowest BCUT2D eigenvalue weighted by molar-refractivity contribution is -0.0526. The van der Waals surface area contributed by atoms with Gasteiger partial charge in [-0.05, 0) is 52.6 Å². The largest absolute Gasteiger partial charge is 0.494 e. The summed E-state index contributed by atoms with van der Waals surface area (Å²) in [6, 6.07) is 9.10. The van der Waals surface area contributed by atoms with Crippen molar-refractivity contribution in [1.82, 2.24) is 4.90 Å². The van der Waals surface area contributed by atoms with E-state index in [2.05, 4.69) is 70.7 Å². The van der Waals surface area contributed by atoms with Gasteiger partial charge in [0.05, 0.1) is 23.9 Å². The van der Waals surface area contributed by atoms with Gasteiger partial charge in [0, 0.05) is 19.1 Å². The van der Waals surface area contributed by atoms with E-state index in [9.17, 15) is 0 Å². The summed E-state index contributed by atoms with van der Waals surface area (Å²) >= 11 is 0. The number of nitrogens with zero attached hydrogens (tertiary/aromatic N) is 1. The van der Waals surface area contributed by atoms with Crippen molar-refractivity contribution in [3.8, 4) is 0 Å². The maximum Gasteiger partial charge on any atom is 0.494 e. The predicted molar refractivity (Wildman–Crippen MR) is 97.4 cm³/mol.